The van der Waals surface area contributed by atoms with Crippen LogP contribution in [0.15, 0.2) is 72.8 Å². The Labute approximate surface area is 531 Å². The van der Waals surface area contributed by atoms with Gasteiger partial charge in [0, 0.05) is 39.0 Å². The van der Waals surface area contributed by atoms with Crippen molar-refractivity contribution >= 4 is 35.7 Å². The van der Waals surface area contributed by atoms with Gasteiger partial charge in [-0.15, -0.1) is 0 Å². The summed E-state index contributed by atoms with van der Waals surface area (Å²) in [5, 5.41) is 0. The molecule has 0 bridgehead atoms. The number of rotatable bonds is 46. The maximum atomic E-state index is 13.3. The predicted molar refractivity (Wildman–Crippen MR) is 353 cm³/mol. The van der Waals surface area contributed by atoms with Crippen LogP contribution < -0.4 is 9.47 Å². The molecule has 0 saturated carbocycles. The van der Waals surface area contributed by atoms with Crippen molar-refractivity contribution in [2.45, 2.75) is 245 Å². The molecule has 5 rings (SSSR count). The summed E-state index contributed by atoms with van der Waals surface area (Å²) >= 11 is 0. The average molecular weight is 1220 g/mol. The summed E-state index contributed by atoms with van der Waals surface area (Å²) in [5.41, 5.74) is 1.63. The lowest BCUT2D eigenvalue weighted by atomic mass is 9.94. The van der Waals surface area contributed by atoms with Crippen LogP contribution in [0, 0.1) is 11.8 Å². The van der Waals surface area contributed by atoms with E-state index < -0.39 is 0 Å². The van der Waals surface area contributed by atoms with Crippen molar-refractivity contribution in [2.75, 3.05) is 78.7 Å². The van der Waals surface area contributed by atoms with Gasteiger partial charge >= 0.3 is 23.9 Å². The van der Waals surface area contributed by atoms with Gasteiger partial charge in [0.15, 0.2) is 0 Å². The minimum Gasteiger partial charge on any atom is -0.465 e. The van der Waals surface area contributed by atoms with Gasteiger partial charge in [-0.2, -0.15) is 0 Å². The van der Waals surface area contributed by atoms with E-state index in [0.29, 0.717) is 88.7 Å². The van der Waals surface area contributed by atoms with Gasteiger partial charge in [0.25, 0.3) is 0 Å². The molecule has 3 heterocycles. The molecule has 3 fully saturated rings. The number of esters is 4. The Morgan fingerprint density at radius 3 is 1.02 bits per heavy atom. The molecule has 0 spiro atoms. The first-order valence-corrected chi connectivity index (χ1v) is 35.3. The standard InChI is InChI=1S/C74H116N4O10/c1-3-5-7-9-11-13-15-17-19-21-23-25-27-29-31-33-71(81)87-67-39-35-65(36-40-67)59-73(83)85-57-47-63-43-49-75(50-44-63)61-69(79)77-53-55-78(56-54-77)70(80)62-76-51-45-64(46-52-76)48-58-86-74(84)60-66-37-41-68(42-38-66)88-72(82)34-32-30-28-26-24-22-20-18-16-14-12-10-8-6-4-2/h17-20,35-42,63-64H,3-16,21-34,43-62H2,1-2H3/b19-17-,20-18-. The fraction of sp³-hybridized carbons (Fsp3) is 0.703. The van der Waals surface area contributed by atoms with Crippen LogP contribution in [0.5, 0.6) is 11.5 Å². The zero-order valence-corrected chi connectivity index (χ0v) is 54.9. The van der Waals surface area contributed by atoms with Crippen molar-refractivity contribution in [3.05, 3.63) is 84.0 Å². The maximum absolute atomic E-state index is 13.3. The Bertz CT molecular complexity index is 2120. The molecule has 2 amide bonds. The number of unbranched alkanes of at least 4 members (excludes halogenated alkanes) is 22. The molecule has 0 aromatic heterocycles. The fourth-order valence-electron chi connectivity index (χ4n) is 12.2. The van der Waals surface area contributed by atoms with Crippen LogP contribution in [-0.4, -0.2) is 134 Å². The molecule has 3 aliphatic rings. The minimum absolute atomic E-state index is 0.111. The van der Waals surface area contributed by atoms with E-state index >= 15 is 0 Å². The molecule has 3 saturated heterocycles. The number of ether oxygens (including phenoxy) is 4. The first kappa shape index (κ1) is 73.4. The topological polar surface area (TPSA) is 152 Å². The first-order valence-electron chi connectivity index (χ1n) is 35.3. The third kappa shape index (κ3) is 34.0. The summed E-state index contributed by atoms with van der Waals surface area (Å²) in [6.45, 7) is 11.5. The molecule has 0 radical (unpaired) electrons. The summed E-state index contributed by atoms with van der Waals surface area (Å²) in [4.78, 5) is 85.1. The quantitative estimate of drug-likeness (QED) is 0.0268. The summed E-state index contributed by atoms with van der Waals surface area (Å²) in [7, 11) is 0. The lowest BCUT2D eigenvalue weighted by Crippen LogP contribution is -2.54. The number of piperidine rings is 2. The Morgan fingerprint density at radius 2 is 0.693 bits per heavy atom. The highest BCUT2D eigenvalue weighted by Gasteiger charge is 2.29. The summed E-state index contributed by atoms with van der Waals surface area (Å²) in [5.74, 6) is 1.09. The molecule has 3 aliphatic heterocycles. The van der Waals surface area contributed by atoms with E-state index in [1.54, 1.807) is 24.3 Å². The van der Waals surface area contributed by atoms with Crippen molar-refractivity contribution in [3.8, 4) is 11.5 Å². The van der Waals surface area contributed by atoms with Gasteiger partial charge in [-0.3, -0.25) is 38.6 Å². The average Bonchev–Trinajstić information content (AvgIpc) is 3.67. The number of likely N-dealkylation sites (tertiary alicyclic amines) is 2. The molecule has 2 aromatic rings. The SMILES string of the molecule is CCCCCCCC/C=C\CCCCCCCC(=O)Oc1ccc(CC(=O)OCCC2CCN(CC(=O)N3CCN(C(=O)CN4CCC(CCOC(=O)Cc5ccc(OC(=O)CCCCCCC/C=C\CCCCCCCC)cc5)CC4)CC3)CC2)cc1. The number of allylic oxidation sites excluding steroid dienone is 4. The van der Waals surface area contributed by atoms with E-state index in [1.807, 2.05) is 34.1 Å². The summed E-state index contributed by atoms with van der Waals surface area (Å²) in [6.07, 6.45) is 47.5. The second-order valence-corrected chi connectivity index (χ2v) is 25.5. The lowest BCUT2D eigenvalue weighted by molar-refractivity contribution is -0.144. The van der Waals surface area contributed by atoms with Crippen molar-refractivity contribution in [1.82, 2.24) is 19.6 Å². The van der Waals surface area contributed by atoms with Gasteiger partial charge in [-0.25, -0.2) is 0 Å². The van der Waals surface area contributed by atoms with Gasteiger partial charge in [0.1, 0.15) is 11.5 Å². The molecule has 0 aliphatic carbocycles. The number of benzene rings is 2. The monoisotopic (exact) mass is 1220 g/mol. The molecule has 0 N–H and O–H groups in total. The van der Waals surface area contributed by atoms with E-state index in [9.17, 15) is 28.8 Å². The molecule has 14 heteroatoms. The number of carbonyl (C=O) groups is 6. The van der Waals surface area contributed by atoms with Gasteiger partial charge in [0.2, 0.25) is 11.8 Å². The highest BCUT2D eigenvalue weighted by atomic mass is 16.5. The van der Waals surface area contributed by atoms with Crippen LogP contribution in [-0.2, 0) is 51.1 Å². The lowest BCUT2D eigenvalue weighted by Gasteiger charge is -2.38. The highest BCUT2D eigenvalue weighted by molar-refractivity contribution is 5.80. The summed E-state index contributed by atoms with van der Waals surface area (Å²) < 4.78 is 22.3. The van der Waals surface area contributed by atoms with E-state index in [0.717, 1.165) is 127 Å². The smallest absolute Gasteiger partial charge is 0.311 e. The van der Waals surface area contributed by atoms with Crippen LogP contribution in [0.4, 0.5) is 0 Å². The predicted octanol–water partition coefficient (Wildman–Crippen LogP) is 15.3. The van der Waals surface area contributed by atoms with Crippen LogP contribution in [0.2, 0.25) is 0 Å². The molecule has 14 nitrogen and oxygen atoms in total. The molecule has 88 heavy (non-hydrogen) atoms. The van der Waals surface area contributed by atoms with Gasteiger partial charge in [0.05, 0.1) is 39.1 Å². The number of carbonyl (C=O) groups excluding carboxylic acids is 6. The Balaban J connectivity index is 0.800. The first-order chi connectivity index (χ1) is 43.1. The third-order valence-electron chi connectivity index (χ3n) is 18.0. The zero-order valence-electron chi connectivity index (χ0n) is 54.9. The van der Waals surface area contributed by atoms with Crippen molar-refractivity contribution in [2.24, 2.45) is 11.8 Å². The highest BCUT2D eigenvalue weighted by Crippen LogP contribution is 2.24. The molecular weight excluding hydrogens is 1100 g/mol. The zero-order chi connectivity index (χ0) is 62.5. The van der Waals surface area contributed by atoms with Crippen LogP contribution in [0.3, 0.4) is 0 Å². The third-order valence-corrected chi connectivity index (χ3v) is 18.0. The number of hydrogen-bond donors (Lipinski definition) is 0. The number of nitrogens with zero attached hydrogens (tertiary/aromatic N) is 4. The second kappa shape index (κ2) is 46.7. The molecule has 2 aromatic carbocycles. The van der Waals surface area contributed by atoms with E-state index in [-0.39, 0.29) is 48.5 Å². The molecule has 0 atom stereocenters. The van der Waals surface area contributed by atoms with Gasteiger partial charge in [-0.1, -0.05) is 165 Å². The second-order valence-electron chi connectivity index (χ2n) is 25.5. The molecular formula is C74H116N4O10. The number of amides is 2. The van der Waals surface area contributed by atoms with E-state index in [4.69, 9.17) is 18.9 Å². The van der Waals surface area contributed by atoms with Crippen molar-refractivity contribution in [1.29, 1.82) is 0 Å². The number of hydrogen-bond acceptors (Lipinski definition) is 12. The normalized spacial score (nSPS) is 15.5. The Kier molecular flexibility index (Phi) is 39.0. The fourth-order valence-corrected chi connectivity index (χ4v) is 12.2. The molecule has 492 valence electrons. The Hall–Kier alpha value is -5.34. The van der Waals surface area contributed by atoms with Crippen LogP contribution in [0.1, 0.15) is 243 Å². The summed E-state index contributed by atoms with van der Waals surface area (Å²) in [6, 6.07) is 14.2. The van der Waals surface area contributed by atoms with Crippen LogP contribution in [0.25, 0.3) is 0 Å². The van der Waals surface area contributed by atoms with Gasteiger partial charge in [-0.05, 0) is 176 Å². The minimum atomic E-state index is -0.273. The van der Waals surface area contributed by atoms with E-state index in [2.05, 4.69) is 48.0 Å². The molecule has 0 unspecified atom stereocenters. The van der Waals surface area contributed by atoms with Crippen LogP contribution >= 0.6 is 0 Å². The van der Waals surface area contributed by atoms with Gasteiger partial charge < -0.3 is 28.7 Å². The largest absolute Gasteiger partial charge is 0.465 e. The number of piperazine rings is 1. The van der Waals surface area contributed by atoms with Crippen molar-refractivity contribution < 1.29 is 47.7 Å². The Morgan fingerprint density at radius 1 is 0.386 bits per heavy atom. The van der Waals surface area contributed by atoms with E-state index in [1.165, 1.54) is 116 Å². The maximum Gasteiger partial charge on any atom is 0.311 e. The van der Waals surface area contributed by atoms with Crippen molar-refractivity contribution in [3.63, 3.8) is 0 Å².